The summed E-state index contributed by atoms with van der Waals surface area (Å²) in [5.74, 6) is 1.25. The number of amides is 1. The number of benzene rings is 1. The van der Waals surface area contributed by atoms with Crippen LogP contribution in [0.1, 0.15) is 33.1 Å². The smallest absolute Gasteiger partial charge is 0.227 e. The zero-order valence-electron chi connectivity index (χ0n) is 12.1. The summed E-state index contributed by atoms with van der Waals surface area (Å²) in [6.07, 6.45) is 1.95. The van der Waals surface area contributed by atoms with E-state index in [0.29, 0.717) is 24.0 Å². The van der Waals surface area contributed by atoms with Crippen molar-refractivity contribution < 1.29 is 14.6 Å². The molecule has 1 atom stereocenters. The van der Waals surface area contributed by atoms with E-state index in [1.165, 1.54) is 12.8 Å². The van der Waals surface area contributed by atoms with Crippen molar-refractivity contribution in [1.82, 2.24) is 0 Å². The van der Waals surface area contributed by atoms with Gasteiger partial charge in [-0.2, -0.15) is 0 Å². The molecule has 1 fully saturated rings. The van der Waals surface area contributed by atoms with E-state index in [1.54, 1.807) is 0 Å². The summed E-state index contributed by atoms with van der Waals surface area (Å²) >= 11 is 0. The molecule has 1 aromatic rings. The van der Waals surface area contributed by atoms with Gasteiger partial charge in [0, 0.05) is 0 Å². The first-order valence-electron chi connectivity index (χ1n) is 7.26. The van der Waals surface area contributed by atoms with Crippen LogP contribution >= 0.6 is 0 Å². The number of nitrogens with one attached hydrogen (secondary N) is 1. The standard InChI is InChI=1S/C16H23NO3/c1-11(2)14(18)9-16(19)17-13-5-3-4-6-15(13)20-10-12-7-8-12/h3-6,11-12,14,18H,7-10H2,1-2H3,(H,17,19). The molecule has 110 valence electrons. The molecule has 1 aliphatic carbocycles. The van der Waals surface area contributed by atoms with E-state index < -0.39 is 6.10 Å². The number of aliphatic hydroxyl groups is 1. The van der Waals surface area contributed by atoms with E-state index in [9.17, 15) is 9.90 Å². The Morgan fingerprint density at radius 2 is 2.10 bits per heavy atom. The molecule has 2 N–H and O–H groups in total. The Balaban J connectivity index is 1.91. The van der Waals surface area contributed by atoms with Gasteiger partial charge in [0.1, 0.15) is 5.75 Å². The Kier molecular flexibility index (Phi) is 5.01. The molecule has 0 saturated heterocycles. The van der Waals surface area contributed by atoms with E-state index >= 15 is 0 Å². The zero-order valence-corrected chi connectivity index (χ0v) is 12.1. The summed E-state index contributed by atoms with van der Waals surface area (Å²) < 4.78 is 5.74. The highest BCUT2D eigenvalue weighted by Gasteiger charge is 2.22. The summed E-state index contributed by atoms with van der Waals surface area (Å²) in [6.45, 7) is 4.50. The van der Waals surface area contributed by atoms with Gasteiger partial charge >= 0.3 is 0 Å². The van der Waals surface area contributed by atoms with E-state index in [0.717, 1.165) is 0 Å². The second-order valence-electron chi connectivity index (χ2n) is 5.81. The molecule has 0 aliphatic heterocycles. The molecule has 0 heterocycles. The van der Waals surface area contributed by atoms with Crippen molar-refractivity contribution in [2.75, 3.05) is 11.9 Å². The van der Waals surface area contributed by atoms with Gasteiger partial charge in [0.15, 0.2) is 0 Å². The molecule has 0 radical (unpaired) electrons. The van der Waals surface area contributed by atoms with Gasteiger partial charge in [-0.15, -0.1) is 0 Å². The topological polar surface area (TPSA) is 58.6 Å². The second kappa shape index (κ2) is 6.75. The lowest BCUT2D eigenvalue weighted by Gasteiger charge is -2.15. The summed E-state index contributed by atoms with van der Waals surface area (Å²) in [6, 6.07) is 7.43. The minimum atomic E-state index is -0.616. The number of aliphatic hydroxyl groups excluding tert-OH is 1. The van der Waals surface area contributed by atoms with Crippen LogP contribution in [0.3, 0.4) is 0 Å². The molecule has 4 heteroatoms. The number of carbonyl (C=O) groups excluding carboxylic acids is 1. The predicted octanol–water partition coefficient (Wildman–Crippen LogP) is 2.82. The van der Waals surface area contributed by atoms with Crippen LogP contribution in [0.2, 0.25) is 0 Å². The highest BCUT2D eigenvalue weighted by Crippen LogP contribution is 2.31. The maximum absolute atomic E-state index is 11.9. The number of carbonyl (C=O) groups is 1. The molecule has 1 aliphatic rings. The molecule has 1 unspecified atom stereocenters. The number of rotatable bonds is 7. The van der Waals surface area contributed by atoms with Crippen LogP contribution in [0.4, 0.5) is 5.69 Å². The number of para-hydroxylation sites is 2. The quantitative estimate of drug-likeness (QED) is 0.805. The molecule has 1 saturated carbocycles. The van der Waals surface area contributed by atoms with Gasteiger partial charge in [0.05, 0.1) is 24.8 Å². The van der Waals surface area contributed by atoms with Crippen molar-refractivity contribution in [2.24, 2.45) is 11.8 Å². The minimum absolute atomic E-state index is 0.0714. The Hall–Kier alpha value is -1.55. The predicted molar refractivity (Wildman–Crippen MR) is 78.8 cm³/mol. The van der Waals surface area contributed by atoms with Gasteiger partial charge < -0.3 is 15.2 Å². The second-order valence-corrected chi connectivity index (χ2v) is 5.81. The van der Waals surface area contributed by atoms with E-state index in [2.05, 4.69) is 5.32 Å². The lowest BCUT2D eigenvalue weighted by atomic mass is 10.0. The first-order valence-corrected chi connectivity index (χ1v) is 7.26. The molecular formula is C16H23NO3. The molecule has 4 nitrogen and oxygen atoms in total. The van der Waals surface area contributed by atoms with Crippen LogP contribution in [0, 0.1) is 11.8 Å². The van der Waals surface area contributed by atoms with Crippen molar-refractivity contribution >= 4 is 11.6 Å². The summed E-state index contributed by atoms with van der Waals surface area (Å²) in [5, 5.41) is 12.6. The van der Waals surface area contributed by atoms with E-state index in [4.69, 9.17) is 4.74 Å². The minimum Gasteiger partial charge on any atom is -0.491 e. The van der Waals surface area contributed by atoms with E-state index in [1.807, 2.05) is 38.1 Å². The number of anilines is 1. The van der Waals surface area contributed by atoms with Crippen molar-refractivity contribution in [2.45, 2.75) is 39.2 Å². The fourth-order valence-corrected chi connectivity index (χ4v) is 1.81. The maximum atomic E-state index is 11.9. The van der Waals surface area contributed by atoms with Crippen LogP contribution in [-0.2, 0) is 4.79 Å². The van der Waals surface area contributed by atoms with Gasteiger partial charge in [-0.3, -0.25) is 4.79 Å². The van der Waals surface area contributed by atoms with Crippen LogP contribution in [0.25, 0.3) is 0 Å². The van der Waals surface area contributed by atoms with Gasteiger partial charge in [-0.1, -0.05) is 26.0 Å². The Bertz CT molecular complexity index is 455. The third kappa shape index (κ3) is 4.53. The van der Waals surface area contributed by atoms with Crippen LogP contribution in [0.15, 0.2) is 24.3 Å². The summed E-state index contributed by atoms with van der Waals surface area (Å²) in [7, 11) is 0. The molecule has 1 amide bonds. The average Bonchev–Trinajstić information content (AvgIpc) is 3.21. The lowest BCUT2D eigenvalue weighted by Crippen LogP contribution is -2.23. The largest absolute Gasteiger partial charge is 0.491 e. The zero-order chi connectivity index (χ0) is 14.5. The molecule has 0 aromatic heterocycles. The Morgan fingerprint density at radius 3 is 2.75 bits per heavy atom. The van der Waals surface area contributed by atoms with Crippen molar-refractivity contribution in [1.29, 1.82) is 0 Å². The Morgan fingerprint density at radius 1 is 1.40 bits per heavy atom. The average molecular weight is 277 g/mol. The summed E-state index contributed by atoms with van der Waals surface area (Å²) in [4.78, 5) is 11.9. The highest BCUT2D eigenvalue weighted by atomic mass is 16.5. The maximum Gasteiger partial charge on any atom is 0.227 e. The van der Waals surface area contributed by atoms with Gasteiger partial charge in [-0.25, -0.2) is 0 Å². The van der Waals surface area contributed by atoms with Gasteiger partial charge in [0.25, 0.3) is 0 Å². The lowest BCUT2D eigenvalue weighted by molar-refractivity contribution is -0.118. The van der Waals surface area contributed by atoms with Crippen LogP contribution < -0.4 is 10.1 Å². The molecule has 1 aromatic carbocycles. The van der Waals surface area contributed by atoms with Gasteiger partial charge in [0.2, 0.25) is 5.91 Å². The molecule has 0 spiro atoms. The molecule has 0 bridgehead atoms. The normalized spacial score (nSPS) is 16.0. The van der Waals surface area contributed by atoms with Crippen molar-refractivity contribution in [3.8, 4) is 5.75 Å². The fourth-order valence-electron chi connectivity index (χ4n) is 1.81. The number of ether oxygens (including phenoxy) is 1. The number of hydrogen-bond donors (Lipinski definition) is 2. The van der Waals surface area contributed by atoms with Gasteiger partial charge in [-0.05, 0) is 36.8 Å². The fraction of sp³-hybridized carbons (Fsp3) is 0.562. The van der Waals surface area contributed by atoms with Crippen molar-refractivity contribution in [3.05, 3.63) is 24.3 Å². The van der Waals surface area contributed by atoms with Crippen LogP contribution in [0.5, 0.6) is 5.75 Å². The van der Waals surface area contributed by atoms with E-state index in [-0.39, 0.29) is 18.2 Å². The summed E-state index contributed by atoms with van der Waals surface area (Å²) in [5.41, 5.74) is 0.675. The monoisotopic (exact) mass is 277 g/mol. The first kappa shape index (κ1) is 14.9. The first-order chi connectivity index (χ1) is 9.56. The number of hydrogen-bond acceptors (Lipinski definition) is 3. The van der Waals surface area contributed by atoms with Crippen LogP contribution in [-0.4, -0.2) is 23.7 Å². The third-order valence-corrected chi connectivity index (χ3v) is 3.50. The highest BCUT2D eigenvalue weighted by molar-refractivity contribution is 5.92. The third-order valence-electron chi connectivity index (χ3n) is 3.50. The van der Waals surface area contributed by atoms with Crippen molar-refractivity contribution in [3.63, 3.8) is 0 Å². The molecular weight excluding hydrogens is 254 g/mol. The SMILES string of the molecule is CC(C)C(O)CC(=O)Nc1ccccc1OCC1CC1. The Labute approximate surface area is 120 Å². The molecule has 20 heavy (non-hydrogen) atoms. The molecule has 2 rings (SSSR count).